The molecule has 6 heteroatoms. The minimum absolute atomic E-state index is 0.233. The van der Waals surface area contributed by atoms with Crippen molar-refractivity contribution in [3.05, 3.63) is 48.3 Å². The first-order valence-corrected chi connectivity index (χ1v) is 9.94. The number of hydrogen-bond acceptors (Lipinski definition) is 6. The van der Waals surface area contributed by atoms with Crippen molar-refractivity contribution >= 4 is 17.6 Å². The second kappa shape index (κ2) is 8.17. The van der Waals surface area contributed by atoms with Crippen LogP contribution in [0.3, 0.4) is 0 Å². The molecule has 1 aromatic carbocycles. The van der Waals surface area contributed by atoms with Crippen LogP contribution < -0.4 is 5.32 Å². The highest BCUT2D eigenvalue weighted by Gasteiger charge is 2.32. The largest absolute Gasteiger partial charge is 0.374 e. The van der Waals surface area contributed by atoms with Gasteiger partial charge in [0.2, 0.25) is 0 Å². The zero-order valence-corrected chi connectivity index (χ0v) is 15.1. The van der Waals surface area contributed by atoms with E-state index in [0.717, 1.165) is 48.9 Å². The van der Waals surface area contributed by atoms with Crippen molar-refractivity contribution in [1.82, 2.24) is 14.9 Å². The van der Waals surface area contributed by atoms with Crippen molar-refractivity contribution < 1.29 is 4.74 Å². The van der Waals surface area contributed by atoms with Crippen LogP contribution in [0.2, 0.25) is 0 Å². The van der Waals surface area contributed by atoms with Crippen LogP contribution in [0, 0.1) is 0 Å². The highest BCUT2D eigenvalue weighted by molar-refractivity contribution is 7.98. The van der Waals surface area contributed by atoms with Crippen molar-refractivity contribution in [2.24, 2.45) is 0 Å². The first-order valence-electron chi connectivity index (χ1n) is 8.95. The Morgan fingerprint density at radius 2 is 2.08 bits per heavy atom. The van der Waals surface area contributed by atoms with Crippen LogP contribution in [-0.2, 0) is 10.5 Å². The SMILES string of the molecule is c1ccc(CSc2cncc(NCC3CN(C4CC4)CCO3)n2)cc1. The zero-order chi connectivity index (χ0) is 16.9. The van der Waals surface area contributed by atoms with E-state index >= 15 is 0 Å². The maximum atomic E-state index is 5.89. The lowest BCUT2D eigenvalue weighted by Gasteiger charge is -2.33. The van der Waals surface area contributed by atoms with Crippen LogP contribution in [-0.4, -0.2) is 53.3 Å². The summed E-state index contributed by atoms with van der Waals surface area (Å²) in [5.74, 6) is 1.73. The summed E-state index contributed by atoms with van der Waals surface area (Å²) in [7, 11) is 0. The van der Waals surface area contributed by atoms with Gasteiger partial charge in [-0.2, -0.15) is 0 Å². The summed E-state index contributed by atoms with van der Waals surface area (Å²) in [5.41, 5.74) is 1.29. The number of nitrogens with one attached hydrogen (secondary N) is 1. The number of benzene rings is 1. The molecule has 1 aliphatic heterocycles. The molecule has 1 saturated carbocycles. The molecule has 2 aliphatic rings. The summed E-state index contributed by atoms with van der Waals surface area (Å²) in [6, 6.07) is 11.2. The van der Waals surface area contributed by atoms with Crippen LogP contribution in [0.4, 0.5) is 5.82 Å². The molecule has 0 radical (unpaired) electrons. The van der Waals surface area contributed by atoms with E-state index in [4.69, 9.17) is 4.74 Å². The molecule has 132 valence electrons. The van der Waals surface area contributed by atoms with Gasteiger partial charge in [0.05, 0.1) is 25.1 Å². The molecule has 0 amide bonds. The van der Waals surface area contributed by atoms with E-state index in [9.17, 15) is 0 Å². The van der Waals surface area contributed by atoms with Crippen molar-refractivity contribution in [3.8, 4) is 0 Å². The summed E-state index contributed by atoms with van der Waals surface area (Å²) in [5, 5.41) is 4.34. The molecule has 25 heavy (non-hydrogen) atoms. The molecule has 1 atom stereocenters. The quantitative estimate of drug-likeness (QED) is 0.770. The highest BCUT2D eigenvalue weighted by Crippen LogP contribution is 2.28. The second-order valence-electron chi connectivity index (χ2n) is 6.62. The Balaban J connectivity index is 1.27. The third kappa shape index (κ3) is 4.93. The van der Waals surface area contributed by atoms with Crippen LogP contribution >= 0.6 is 11.8 Å². The molecular weight excluding hydrogens is 332 g/mol. The van der Waals surface area contributed by atoms with Crippen molar-refractivity contribution in [3.63, 3.8) is 0 Å². The average molecular weight is 356 g/mol. The van der Waals surface area contributed by atoms with Gasteiger partial charge in [0.25, 0.3) is 0 Å². The van der Waals surface area contributed by atoms with Gasteiger partial charge in [0.15, 0.2) is 0 Å². The van der Waals surface area contributed by atoms with Crippen LogP contribution in [0.15, 0.2) is 47.8 Å². The summed E-state index contributed by atoms with van der Waals surface area (Å²) in [4.78, 5) is 11.5. The topological polar surface area (TPSA) is 50.3 Å². The molecule has 1 N–H and O–H groups in total. The van der Waals surface area contributed by atoms with Crippen molar-refractivity contribution in [2.45, 2.75) is 35.8 Å². The normalized spacial score (nSPS) is 21.2. The fourth-order valence-corrected chi connectivity index (χ4v) is 3.89. The van der Waals surface area contributed by atoms with Gasteiger partial charge < -0.3 is 10.1 Å². The number of hydrogen-bond donors (Lipinski definition) is 1. The van der Waals surface area contributed by atoms with Gasteiger partial charge in [0.1, 0.15) is 10.8 Å². The van der Waals surface area contributed by atoms with Gasteiger partial charge in [0, 0.05) is 31.4 Å². The average Bonchev–Trinajstić information content (AvgIpc) is 3.52. The van der Waals surface area contributed by atoms with Gasteiger partial charge in [-0.3, -0.25) is 9.88 Å². The molecule has 4 rings (SSSR count). The molecule has 1 unspecified atom stereocenters. The van der Waals surface area contributed by atoms with E-state index in [2.05, 4.69) is 44.5 Å². The number of thioether (sulfide) groups is 1. The van der Waals surface area contributed by atoms with E-state index in [1.807, 2.05) is 12.3 Å². The lowest BCUT2D eigenvalue weighted by atomic mass is 10.2. The summed E-state index contributed by atoms with van der Waals surface area (Å²) in [6.07, 6.45) is 6.55. The predicted octanol–water partition coefficient (Wildman–Crippen LogP) is 3.04. The van der Waals surface area contributed by atoms with Gasteiger partial charge in [-0.05, 0) is 18.4 Å². The molecule has 2 fully saturated rings. The van der Waals surface area contributed by atoms with Gasteiger partial charge in [-0.15, -0.1) is 11.8 Å². The standard InChI is InChI=1S/C19H24N4OS/c1-2-4-15(5-3-1)14-25-19-12-20-11-18(22-19)21-10-17-13-23(8-9-24-17)16-6-7-16/h1-5,11-12,16-17H,6-10,13-14H2,(H,21,22). The first-order chi connectivity index (χ1) is 12.4. The van der Waals surface area contributed by atoms with E-state index < -0.39 is 0 Å². The predicted molar refractivity (Wildman–Crippen MR) is 101 cm³/mol. The number of rotatable bonds is 7. The van der Waals surface area contributed by atoms with Crippen LogP contribution in [0.5, 0.6) is 0 Å². The molecular formula is C19H24N4OS. The number of aromatic nitrogens is 2. The number of nitrogens with zero attached hydrogens (tertiary/aromatic N) is 3. The van der Waals surface area contributed by atoms with Crippen LogP contribution in [0.1, 0.15) is 18.4 Å². The summed E-state index contributed by atoms with van der Waals surface area (Å²) in [6.45, 7) is 3.71. The molecule has 0 spiro atoms. The lowest BCUT2D eigenvalue weighted by Crippen LogP contribution is -2.46. The van der Waals surface area contributed by atoms with Crippen LogP contribution in [0.25, 0.3) is 0 Å². The number of anilines is 1. The summed E-state index contributed by atoms with van der Waals surface area (Å²) < 4.78 is 5.89. The fourth-order valence-electron chi connectivity index (χ4n) is 3.09. The Labute approximate surface area is 153 Å². The van der Waals surface area contributed by atoms with E-state index in [0.29, 0.717) is 0 Å². The Hall–Kier alpha value is -1.63. The molecule has 1 aliphatic carbocycles. The van der Waals surface area contributed by atoms with E-state index in [-0.39, 0.29) is 6.10 Å². The molecule has 5 nitrogen and oxygen atoms in total. The zero-order valence-electron chi connectivity index (χ0n) is 14.3. The number of ether oxygens (including phenoxy) is 1. The Morgan fingerprint density at radius 3 is 2.92 bits per heavy atom. The van der Waals surface area contributed by atoms with Gasteiger partial charge in [-0.25, -0.2) is 4.98 Å². The van der Waals surface area contributed by atoms with Crippen molar-refractivity contribution in [1.29, 1.82) is 0 Å². The third-order valence-electron chi connectivity index (χ3n) is 4.59. The molecule has 2 heterocycles. The smallest absolute Gasteiger partial charge is 0.145 e. The summed E-state index contributed by atoms with van der Waals surface area (Å²) >= 11 is 1.71. The monoisotopic (exact) mass is 356 g/mol. The Bertz CT molecular complexity index is 680. The first kappa shape index (κ1) is 16.8. The highest BCUT2D eigenvalue weighted by atomic mass is 32.2. The van der Waals surface area contributed by atoms with E-state index in [1.165, 1.54) is 18.4 Å². The Morgan fingerprint density at radius 1 is 1.20 bits per heavy atom. The molecule has 0 bridgehead atoms. The second-order valence-corrected chi connectivity index (χ2v) is 7.61. The molecule has 1 aromatic heterocycles. The third-order valence-corrected chi connectivity index (χ3v) is 5.56. The van der Waals surface area contributed by atoms with E-state index in [1.54, 1.807) is 18.0 Å². The van der Waals surface area contributed by atoms with Gasteiger partial charge >= 0.3 is 0 Å². The van der Waals surface area contributed by atoms with Gasteiger partial charge in [-0.1, -0.05) is 30.3 Å². The minimum atomic E-state index is 0.233. The minimum Gasteiger partial charge on any atom is -0.374 e. The number of morpholine rings is 1. The Kier molecular flexibility index (Phi) is 5.49. The van der Waals surface area contributed by atoms with Crippen molar-refractivity contribution in [2.75, 3.05) is 31.6 Å². The molecule has 1 saturated heterocycles. The fraction of sp³-hybridized carbons (Fsp3) is 0.474. The lowest BCUT2D eigenvalue weighted by molar-refractivity contribution is -0.0241. The maximum Gasteiger partial charge on any atom is 0.145 e. The maximum absolute atomic E-state index is 5.89. The molecule has 2 aromatic rings.